The lowest BCUT2D eigenvalue weighted by molar-refractivity contribution is 0.0990. The number of carbonyl (C=O) groups is 1. The van der Waals surface area contributed by atoms with Gasteiger partial charge in [-0.3, -0.25) is 4.79 Å². The fraction of sp³-hybridized carbons (Fsp3) is 0.217. The largest absolute Gasteiger partial charge is 0.365 e. The number of amides is 1. The first-order valence-corrected chi connectivity index (χ1v) is 9.28. The number of aryl methyl sites for hydroxylation is 2. The Hall–Kier alpha value is -3.14. The fourth-order valence-corrected chi connectivity index (χ4v) is 3.64. The van der Waals surface area contributed by atoms with Gasteiger partial charge in [-0.1, -0.05) is 42.0 Å². The average Bonchev–Trinajstić information content (AvgIpc) is 3.11. The molecule has 0 radical (unpaired) electrons. The van der Waals surface area contributed by atoms with Crippen molar-refractivity contribution in [2.75, 3.05) is 16.8 Å². The molecule has 1 aliphatic rings. The molecule has 2 aromatic carbocycles. The normalized spacial score (nSPS) is 12.7. The Morgan fingerprint density at radius 2 is 1.96 bits per heavy atom. The molecule has 4 nitrogen and oxygen atoms in total. The number of carbonyl (C=O) groups excluding carboxylic acids is 1. The maximum Gasteiger partial charge on any atom is 0.262 e. The van der Waals surface area contributed by atoms with Gasteiger partial charge in [0.25, 0.3) is 5.91 Å². The van der Waals surface area contributed by atoms with Crippen molar-refractivity contribution in [3.8, 4) is 0 Å². The molecule has 3 aromatic rings. The molecule has 1 aliphatic heterocycles. The van der Waals surface area contributed by atoms with Crippen molar-refractivity contribution >= 4 is 17.4 Å². The molecule has 0 saturated heterocycles. The van der Waals surface area contributed by atoms with E-state index in [9.17, 15) is 4.79 Å². The highest BCUT2D eigenvalue weighted by Gasteiger charge is 2.26. The minimum Gasteiger partial charge on any atom is -0.365 e. The summed E-state index contributed by atoms with van der Waals surface area (Å²) in [6.07, 6.45) is 2.62. The molecule has 1 N–H and O–H groups in total. The monoisotopic (exact) mass is 357 g/mol. The Morgan fingerprint density at radius 3 is 2.81 bits per heavy atom. The molecule has 4 rings (SSSR count). The van der Waals surface area contributed by atoms with E-state index in [-0.39, 0.29) is 5.91 Å². The minimum absolute atomic E-state index is 0.00354. The lowest BCUT2D eigenvalue weighted by atomic mass is 10.1. The van der Waals surface area contributed by atoms with Gasteiger partial charge in [-0.15, -0.1) is 0 Å². The van der Waals surface area contributed by atoms with Gasteiger partial charge in [0.2, 0.25) is 0 Å². The molecule has 1 aromatic heterocycles. The third-order valence-electron chi connectivity index (χ3n) is 5.11. The topological polar surface area (TPSA) is 45.2 Å². The van der Waals surface area contributed by atoms with Gasteiger partial charge in [-0.05, 0) is 55.2 Å². The van der Waals surface area contributed by atoms with E-state index in [0.717, 1.165) is 12.1 Å². The van der Waals surface area contributed by atoms with Gasteiger partial charge in [0.05, 0.1) is 5.56 Å². The van der Waals surface area contributed by atoms with Crippen LogP contribution in [0.3, 0.4) is 0 Å². The second-order valence-corrected chi connectivity index (χ2v) is 7.02. The van der Waals surface area contributed by atoms with Crippen molar-refractivity contribution in [3.05, 3.63) is 88.6 Å². The molecule has 0 unspecified atom stereocenters. The van der Waals surface area contributed by atoms with Crippen LogP contribution in [0.2, 0.25) is 0 Å². The van der Waals surface area contributed by atoms with Crippen molar-refractivity contribution in [3.63, 3.8) is 0 Å². The van der Waals surface area contributed by atoms with Crippen LogP contribution in [0.15, 0.2) is 60.8 Å². The van der Waals surface area contributed by atoms with Crippen LogP contribution in [0.1, 0.15) is 32.6 Å². The van der Waals surface area contributed by atoms with Gasteiger partial charge in [-0.2, -0.15) is 0 Å². The Bertz CT molecular complexity index is 996. The summed E-state index contributed by atoms with van der Waals surface area (Å²) in [4.78, 5) is 19.5. The third-order valence-corrected chi connectivity index (χ3v) is 5.11. The Kier molecular flexibility index (Phi) is 4.63. The van der Waals surface area contributed by atoms with Gasteiger partial charge in [0.1, 0.15) is 5.82 Å². The van der Waals surface area contributed by atoms with Crippen molar-refractivity contribution in [2.24, 2.45) is 0 Å². The summed E-state index contributed by atoms with van der Waals surface area (Å²) in [5, 5.41) is 3.36. The van der Waals surface area contributed by atoms with Crippen molar-refractivity contribution < 1.29 is 4.79 Å². The van der Waals surface area contributed by atoms with E-state index >= 15 is 0 Å². The second-order valence-electron chi connectivity index (χ2n) is 7.02. The van der Waals surface area contributed by atoms with E-state index in [4.69, 9.17) is 0 Å². The summed E-state index contributed by atoms with van der Waals surface area (Å²) in [7, 11) is 0. The Morgan fingerprint density at radius 1 is 1.11 bits per heavy atom. The van der Waals surface area contributed by atoms with Gasteiger partial charge in [-0.25, -0.2) is 4.98 Å². The number of hydrogen-bond acceptors (Lipinski definition) is 3. The molecule has 0 fully saturated rings. The quantitative estimate of drug-likeness (QED) is 0.747. The first kappa shape index (κ1) is 17.3. The van der Waals surface area contributed by atoms with Crippen LogP contribution in [-0.2, 0) is 13.0 Å². The average molecular weight is 357 g/mol. The molecule has 0 atom stereocenters. The molecule has 0 aliphatic carbocycles. The van der Waals surface area contributed by atoms with Crippen LogP contribution < -0.4 is 10.2 Å². The zero-order chi connectivity index (χ0) is 18.8. The number of anilines is 2. The summed E-state index contributed by atoms with van der Waals surface area (Å²) in [5.74, 6) is 0.628. The lowest BCUT2D eigenvalue weighted by Crippen LogP contribution is -2.29. The Labute approximate surface area is 159 Å². The summed E-state index contributed by atoms with van der Waals surface area (Å²) < 4.78 is 0. The van der Waals surface area contributed by atoms with E-state index < -0.39 is 0 Å². The molecular weight excluding hydrogens is 334 g/mol. The molecular formula is C23H23N3O. The van der Waals surface area contributed by atoms with Gasteiger partial charge in [0, 0.05) is 25.0 Å². The van der Waals surface area contributed by atoms with Crippen LogP contribution in [0.4, 0.5) is 11.5 Å². The number of nitrogens with zero attached hydrogens (tertiary/aromatic N) is 2. The van der Waals surface area contributed by atoms with Crippen LogP contribution in [0.25, 0.3) is 0 Å². The highest BCUT2D eigenvalue weighted by atomic mass is 16.2. The number of para-hydroxylation sites is 1. The zero-order valence-electron chi connectivity index (χ0n) is 15.7. The van der Waals surface area contributed by atoms with E-state index in [1.165, 1.54) is 22.3 Å². The maximum atomic E-state index is 13.2. The van der Waals surface area contributed by atoms with Crippen molar-refractivity contribution in [2.45, 2.75) is 26.8 Å². The van der Waals surface area contributed by atoms with Crippen LogP contribution in [0, 0.1) is 13.8 Å². The van der Waals surface area contributed by atoms with E-state index in [1.54, 1.807) is 6.20 Å². The zero-order valence-corrected chi connectivity index (χ0v) is 15.7. The first-order chi connectivity index (χ1) is 13.1. The highest BCUT2D eigenvalue weighted by Crippen LogP contribution is 2.30. The summed E-state index contributed by atoms with van der Waals surface area (Å²) in [5.41, 5.74) is 6.53. The van der Waals surface area contributed by atoms with Gasteiger partial charge >= 0.3 is 0 Å². The van der Waals surface area contributed by atoms with Gasteiger partial charge < -0.3 is 10.2 Å². The third kappa shape index (κ3) is 3.43. The lowest BCUT2D eigenvalue weighted by Gasteiger charge is -2.19. The number of fused-ring (bicyclic) bond motifs is 1. The van der Waals surface area contributed by atoms with Gasteiger partial charge in [0.15, 0.2) is 0 Å². The number of benzene rings is 2. The number of nitrogens with one attached hydrogen (secondary N) is 1. The van der Waals surface area contributed by atoms with E-state index in [0.29, 0.717) is 24.5 Å². The highest BCUT2D eigenvalue weighted by molar-refractivity contribution is 6.10. The number of pyridine rings is 1. The number of rotatable bonds is 4. The SMILES string of the molecule is Cc1ccc(CNc2ncccc2C(=O)N2CCc3ccccc32)c(C)c1. The van der Waals surface area contributed by atoms with Crippen LogP contribution in [-0.4, -0.2) is 17.4 Å². The molecule has 2 heterocycles. The maximum absolute atomic E-state index is 13.2. The fourth-order valence-electron chi connectivity index (χ4n) is 3.64. The standard InChI is InChI=1S/C23H23N3O/c1-16-9-10-19(17(2)14-16)15-25-22-20(7-5-12-24-22)23(27)26-13-11-18-6-3-4-8-21(18)26/h3-10,12,14H,11,13,15H2,1-2H3,(H,24,25). The van der Waals surface area contributed by atoms with Crippen molar-refractivity contribution in [1.82, 2.24) is 4.98 Å². The van der Waals surface area contributed by atoms with Crippen LogP contribution >= 0.6 is 0 Å². The predicted molar refractivity (Wildman–Crippen MR) is 109 cm³/mol. The smallest absolute Gasteiger partial charge is 0.262 e. The molecule has 1 amide bonds. The number of hydrogen-bond donors (Lipinski definition) is 1. The summed E-state index contributed by atoms with van der Waals surface area (Å²) >= 11 is 0. The molecule has 0 spiro atoms. The molecule has 0 saturated carbocycles. The minimum atomic E-state index is -0.00354. The number of aromatic nitrogens is 1. The predicted octanol–water partition coefficient (Wildman–Crippen LogP) is 4.51. The van der Waals surface area contributed by atoms with E-state index in [1.807, 2.05) is 35.2 Å². The Balaban J connectivity index is 1.57. The van der Waals surface area contributed by atoms with E-state index in [2.05, 4.69) is 48.4 Å². The molecule has 0 bridgehead atoms. The van der Waals surface area contributed by atoms with Crippen molar-refractivity contribution in [1.29, 1.82) is 0 Å². The van der Waals surface area contributed by atoms with Crippen LogP contribution in [0.5, 0.6) is 0 Å². The first-order valence-electron chi connectivity index (χ1n) is 9.28. The molecule has 136 valence electrons. The molecule has 4 heteroatoms. The second kappa shape index (κ2) is 7.23. The summed E-state index contributed by atoms with van der Waals surface area (Å²) in [6, 6.07) is 18.2. The summed E-state index contributed by atoms with van der Waals surface area (Å²) in [6.45, 7) is 5.55. The molecule has 27 heavy (non-hydrogen) atoms.